The number of hydrogen-bond acceptors (Lipinski definition) is 4. The Bertz CT molecular complexity index is 488. The number of rotatable bonds is 2. The van der Waals surface area contributed by atoms with Gasteiger partial charge in [-0.15, -0.1) is 0 Å². The third kappa shape index (κ3) is 2.66. The highest BCUT2D eigenvalue weighted by Gasteiger charge is 2.40. The minimum absolute atomic E-state index is 0.115. The zero-order valence-electron chi connectivity index (χ0n) is 11.8. The molecular weight excluding hydrogens is 262 g/mol. The van der Waals surface area contributed by atoms with Crippen molar-refractivity contribution in [1.82, 2.24) is 9.91 Å². The van der Waals surface area contributed by atoms with E-state index in [1.165, 1.54) is 12.1 Å². The molecule has 0 aromatic heterocycles. The minimum atomic E-state index is -0.898. The molecule has 2 amide bonds. The molecule has 1 N–H and O–H groups in total. The Morgan fingerprint density at radius 1 is 1.35 bits per heavy atom. The van der Waals surface area contributed by atoms with E-state index in [0.717, 1.165) is 0 Å². The maximum absolute atomic E-state index is 12.4. The second-order valence-electron chi connectivity index (χ2n) is 5.66. The van der Waals surface area contributed by atoms with Gasteiger partial charge in [-0.05, 0) is 19.8 Å². The fourth-order valence-electron chi connectivity index (χ4n) is 2.59. The maximum Gasteiger partial charge on any atom is 0.311 e. The number of hydrogen-bond donors (Lipinski definition) is 1. The highest BCUT2D eigenvalue weighted by molar-refractivity contribution is 6.39. The van der Waals surface area contributed by atoms with E-state index in [2.05, 4.69) is 5.10 Å². The van der Waals surface area contributed by atoms with Gasteiger partial charge in [0.1, 0.15) is 5.71 Å². The van der Waals surface area contributed by atoms with Crippen molar-refractivity contribution >= 4 is 23.5 Å². The Labute approximate surface area is 117 Å². The van der Waals surface area contributed by atoms with Crippen LogP contribution in [0.15, 0.2) is 5.10 Å². The topological polar surface area (TPSA) is 90.3 Å². The molecule has 20 heavy (non-hydrogen) atoms. The second-order valence-corrected chi connectivity index (χ2v) is 5.66. The van der Waals surface area contributed by atoms with Crippen LogP contribution in [0.2, 0.25) is 0 Å². The molecule has 7 heteroatoms. The van der Waals surface area contributed by atoms with Crippen LogP contribution < -0.4 is 0 Å². The standard InChI is InChI=1S/C13H19N3O4/c1-13(12(19)20)6-3-7-16(8-13)11(18)9-4-5-10(17)15(2)14-9/h3-8H2,1-2H3,(H,19,20). The number of carbonyl (C=O) groups is 3. The van der Waals surface area contributed by atoms with E-state index < -0.39 is 11.4 Å². The number of amides is 2. The fourth-order valence-corrected chi connectivity index (χ4v) is 2.59. The van der Waals surface area contributed by atoms with Crippen LogP contribution in [-0.4, -0.2) is 58.6 Å². The molecule has 110 valence electrons. The average molecular weight is 281 g/mol. The molecule has 1 unspecified atom stereocenters. The molecule has 0 saturated carbocycles. The molecule has 0 aliphatic carbocycles. The van der Waals surface area contributed by atoms with E-state index in [9.17, 15) is 19.5 Å². The van der Waals surface area contributed by atoms with E-state index in [-0.39, 0.29) is 24.8 Å². The van der Waals surface area contributed by atoms with Crippen LogP contribution in [0.3, 0.4) is 0 Å². The van der Waals surface area contributed by atoms with Gasteiger partial charge in [0.15, 0.2) is 0 Å². The van der Waals surface area contributed by atoms with Crippen LogP contribution >= 0.6 is 0 Å². The number of aliphatic carboxylic acids is 1. The zero-order chi connectivity index (χ0) is 14.9. The normalized spacial score (nSPS) is 27.3. The third-order valence-electron chi connectivity index (χ3n) is 3.95. The average Bonchev–Trinajstić information content (AvgIpc) is 2.41. The first kappa shape index (κ1) is 14.5. The Hall–Kier alpha value is -1.92. The van der Waals surface area contributed by atoms with E-state index in [0.29, 0.717) is 31.5 Å². The number of carbonyl (C=O) groups excluding carboxylic acids is 2. The van der Waals surface area contributed by atoms with E-state index in [4.69, 9.17) is 0 Å². The minimum Gasteiger partial charge on any atom is -0.481 e. The quantitative estimate of drug-likeness (QED) is 0.788. The molecule has 1 fully saturated rings. The van der Waals surface area contributed by atoms with Crippen molar-refractivity contribution in [3.8, 4) is 0 Å². The smallest absolute Gasteiger partial charge is 0.311 e. The fraction of sp³-hybridized carbons (Fsp3) is 0.692. The number of carboxylic acids is 1. The summed E-state index contributed by atoms with van der Waals surface area (Å²) in [5.74, 6) is -1.25. The Morgan fingerprint density at radius 3 is 2.65 bits per heavy atom. The van der Waals surface area contributed by atoms with Crippen molar-refractivity contribution in [2.24, 2.45) is 10.5 Å². The number of carboxylic acid groups (broad SMARTS) is 1. The number of hydrazone groups is 1. The summed E-state index contributed by atoms with van der Waals surface area (Å²) in [6, 6.07) is 0. The highest BCUT2D eigenvalue weighted by atomic mass is 16.4. The molecule has 0 aromatic carbocycles. The molecule has 0 radical (unpaired) electrons. The number of piperidine rings is 1. The third-order valence-corrected chi connectivity index (χ3v) is 3.95. The summed E-state index contributed by atoms with van der Waals surface area (Å²) in [5, 5.41) is 14.4. The van der Waals surface area contributed by atoms with Crippen molar-refractivity contribution in [2.45, 2.75) is 32.6 Å². The van der Waals surface area contributed by atoms with Crippen LogP contribution in [0.5, 0.6) is 0 Å². The summed E-state index contributed by atoms with van der Waals surface area (Å²) in [7, 11) is 1.52. The lowest BCUT2D eigenvalue weighted by Gasteiger charge is -2.38. The summed E-state index contributed by atoms with van der Waals surface area (Å²) in [6.07, 6.45) is 1.82. The molecule has 7 nitrogen and oxygen atoms in total. The van der Waals surface area contributed by atoms with Gasteiger partial charge in [-0.2, -0.15) is 5.10 Å². The van der Waals surface area contributed by atoms with Crippen molar-refractivity contribution in [3.05, 3.63) is 0 Å². The monoisotopic (exact) mass is 281 g/mol. The number of nitrogens with zero attached hydrogens (tertiary/aromatic N) is 3. The lowest BCUT2D eigenvalue weighted by molar-refractivity contribution is -0.152. The van der Waals surface area contributed by atoms with E-state index in [1.54, 1.807) is 11.8 Å². The predicted octanol–water partition coefficient (Wildman–Crippen LogP) is 0.308. The van der Waals surface area contributed by atoms with Gasteiger partial charge in [-0.3, -0.25) is 14.4 Å². The highest BCUT2D eigenvalue weighted by Crippen LogP contribution is 2.30. The van der Waals surface area contributed by atoms with Gasteiger partial charge >= 0.3 is 5.97 Å². The molecule has 2 rings (SSSR count). The summed E-state index contributed by atoms with van der Waals surface area (Å²) in [4.78, 5) is 36.6. The maximum atomic E-state index is 12.4. The van der Waals surface area contributed by atoms with Gasteiger partial charge < -0.3 is 10.0 Å². The van der Waals surface area contributed by atoms with Gasteiger partial charge in [0.2, 0.25) is 5.91 Å². The van der Waals surface area contributed by atoms with Crippen LogP contribution in [-0.2, 0) is 14.4 Å². The van der Waals surface area contributed by atoms with Crippen molar-refractivity contribution in [2.75, 3.05) is 20.1 Å². The van der Waals surface area contributed by atoms with Crippen molar-refractivity contribution < 1.29 is 19.5 Å². The van der Waals surface area contributed by atoms with Crippen LogP contribution in [0, 0.1) is 5.41 Å². The zero-order valence-corrected chi connectivity index (χ0v) is 11.8. The van der Waals surface area contributed by atoms with Gasteiger partial charge in [0.05, 0.1) is 5.41 Å². The largest absolute Gasteiger partial charge is 0.481 e. The van der Waals surface area contributed by atoms with Crippen LogP contribution in [0.4, 0.5) is 0 Å². The molecule has 0 spiro atoms. The summed E-state index contributed by atoms with van der Waals surface area (Å²) < 4.78 is 0. The Morgan fingerprint density at radius 2 is 2.05 bits per heavy atom. The predicted molar refractivity (Wildman–Crippen MR) is 71.0 cm³/mol. The summed E-state index contributed by atoms with van der Waals surface area (Å²) in [5.41, 5.74) is -0.563. The molecule has 2 heterocycles. The lowest BCUT2D eigenvalue weighted by Crippen LogP contribution is -2.51. The lowest BCUT2D eigenvalue weighted by atomic mass is 9.82. The number of likely N-dealkylation sites (tertiary alicyclic amines) is 1. The molecule has 2 aliphatic rings. The first-order valence-corrected chi connectivity index (χ1v) is 6.70. The SMILES string of the molecule is CN1N=C(C(=O)N2CCCC(C)(C(=O)O)C2)CCC1=O. The van der Waals surface area contributed by atoms with Crippen LogP contribution in [0.25, 0.3) is 0 Å². The molecule has 2 aliphatic heterocycles. The van der Waals surface area contributed by atoms with Gasteiger partial charge in [0, 0.05) is 33.0 Å². The molecule has 1 atom stereocenters. The van der Waals surface area contributed by atoms with E-state index >= 15 is 0 Å². The van der Waals surface area contributed by atoms with Crippen LogP contribution in [0.1, 0.15) is 32.6 Å². The molecule has 0 aromatic rings. The Kier molecular flexibility index (Phi) is 3.78. The van der Waals surface area contributed by atoms with Gasteiger partial charge in [-0.25, -0.2) is 5.01 Å². The van der Waals surface area contributed by atoms with Gasteiger partial charge in [-0.1, -0.05) is 0 Å². The second kappa shape index (κ2) is 5.22. The van der Waals surface area contributed by atoms with E-state index in [1.807, 2.05) is 0 Å². The van der Waals surface area contributed by atoms with Crippen molar-refractivity contribution in [1.29, 1.82) is 0 Å². The molecule has 0 bridgehead atoms. The first-order valence-electron chi connectivity index (χ1n) is 6.70. The molecule has 1 saturated heterocycles. The summed E-state index contributed by atoms with van der Waals surface area (Å²) >= 11 is 0. The van der Waals surface area contributed by atoms with Gasteiger partial charge in [0.25, 0.3) is 5.91 Å². The molecular formula is C13H19N3O4. The summed E-state index contributed by atoms with van der Waals surface area (Å²) in [6.45, 7) is 2.39. The first-order chi connectivity index (χ1) is 9.33. The van der Waals surface area contributed by atoms with Crippen molar-refractivity contribution in [3.63, 3.8) is 0 Å². The Balaban J connectivity index is 2.12.